The van der Waals surface area contributed by atoms with Gasteiger partial charge in [-0.15, -0.1) is 0 Å². The molecule has 2 saturated heterocycles. The third-order valence-corrected chi connectivity index (χ3v) is 4.19. The van der Waals surface area contributed by atoms with E-state index in [0.717, 1.165) is 30.7 Å². The minimum atomic E-state index is 0.213. The first-order valence-electron chi connectivity index (χ1n) is 6.98. The quantitative estimate of drug-likeness (QED) is 0.881. The highest BCUT2D eigenvalue weighted by atomic mass is 16.5. The first-order chi connectivity index (χ1) is 8.76. The van der Waals surface area contributed by atoms with Crippen molar-refractivity contribution in [3.05, 3.63) is 23.8 Å². The molecule has 0 aromatic carbocycles. The average molecular weight is 247 g/mol. The van der Waals surface area contributed by atoms with Crippen LogP contribution in [0.15, 0.2) is 12.4 Å². The van der Waals surface area contributed by atoms with Crippen LogP contribution in [-0.4, -0.2) is 28.2 Å². The lowest BCUT2D eigenvalue weighted by Crippen LogP contribution is -2.22. The highest BCUT2D eigenvalue weighted by Gasteiger charge is 2.42. The predicted octanol–water partition coefficient (Wildman–Crippen LogP) is 1.79. The van der Waals surface area contributed by atoms with Gasteiger partial charge in [-0.05, 0) is 37.7 Å². The fourth-order valence-electron chi connectivity index (χ4n) is 3.02. The molecule has 4 atom stereocenters. The summed E-state index contributed by atoms with van der Waals surface area (Å²) in [5.74, 6) is 1.37. The smallest absolute Gasteiger partial charge is 0.133 e. The fraction of sp³-hybridized carbons (Fsp3) is 0.714. The Morgan fingerprint density at radius 2 is 2.17 bits per heavy atom. The van der Waals surface area contributed by atoms with Gasteiger partial charge in [0, 0.05) is 24.4 Å². The van der Waals surface area contributed by atoms with Crippen LogP contribution in [0.1, 0.15) is 49.9 Å². The van der Waals surface area contributed by atoms with E-state index >= 15 is 0 Å². The Kier molecular flexibility index (Phi) is 3.31. The number of ether oxygens (including phenoxy) is 1. The van der Waals surface area contributed by atoms with E-state index in [1.165, 1.54) is 12.8 Å². The van der Waals surface area contributed by atoms with Gasteiger partial charge in [-0.1, -0.05) is 6.92 Å². The molecule has 0 spiro atoms. The van der Waals surface area contributed by atoms with Gasteiger partial charge in [0.15, 0.2) is 0 Å². The molecule has 98 valence electrons. The summed E-state index contributed by atoms with van der Waals surface area (Å²) in [6.07, 6.45) is 10.0. The van der Waals surface area contributed by atoms with Crippen molar-refractivity contribution in [2.45, 2.75) is 63.2 Å². The summed E-state index contributed by atoms with van der Waals surface area (Å²) in [4.78, 5) is 9.04. The molecule has 18 heavy (non-hydrogen) atoms. The molecule has 0 amide bonds. The maximum absolute atomic E-state index is 5.94. The fourth-order valence-corrected chi connectivity index (χ4v) is 3.02. The Hall–Kier alpha value is -1.00. The standard InChI is InChI=1S/C14H21N3O/c1-2-10(15)5-9-7-16-14(17-8-9)12-6-11-3-4-13(12)18-11/h7-8,10-13H,2-6,15H2,1H3. The van der Waals surface area contributed by atoms with Gasteiger partial charge in [-0.2, -0.15) is 0 Å². The summed E-state index contributed by atoms with van der Waals surface area (Å²) in [6, 6.07) is 0.213. The highest BCUT2D eigenvalue weighted by Crippen LogP contribution is 2.43. The zero-order valence-electron chi connectivity index (χ0n) is 10.9. The second kappa shape index (κ2) is 4.94. The third kappa shape index (κ3) is 2.27. The molecule has 3 rings (SSSR count). The third-order valence-electron chi connectivity index (χ3n) is 4.19. The largest absolute Gasteiger partial charge is 0.374 e. The lowest BCUT2D eigenvalue weighted by atomic mass is 9.88. The van der Waals surface area contributed by atoms with E-state index in [0.29, 0.717) is 18.1 Å². The van der Waals surface area contributed by atoms with Gasteiger partial charge in [0.2, 0.25) is 0 Å². The Labute approximate surface area is 108 Å². The van der Waals surface area contributed by atoms with Crippen molar-refractivity contribution >= 4 is 0 Å². The SMILES string of the molecule is CCC(N)Cc1cnc(C2CC3CCC2O3)nc1. The van der Waals surface area contributed by atoms with Crippen LogP contribution in [0.4, 0.5) is 0 Å². The van der Waals surface area contributed by atoms with E-state index in [1.54, 1.807) is 0 Å². The van der Waals surface area contributed by atoms with Crippen LogP contribution < -0.4 is 5.73 Å². The summed E-state index contributed by atoms with van der Waals surface area (Å²) >= 11 is 0. The zero-order chi connectivity index (χ0) is 12.5. The summed E-state index contributed by atoms with van der Waals surface area (Å²) in [7, 11) is 0. The van der Waals surface area contributed by atoms with Gasteiger partial charge in [0.25, 0.3) is 0 Å². The molecule has 0 saturated carbocycles. The van der Waals surface area contributed by atoms with Gasteiger partial charge in [0.05, 0.1) is 12.2 Å². The molecule has 0 aliphatic carbocycles. The second-order valence-corrected chi connectivity index (χ2v) is 5.54. The Balaban J connectivity index is 1.68. The van der Waals surface area contributed by atoms with Crippen LogP contribution >= 0.6 is 0 Å². The molecule has 3 heterocycles. The number of aromatic nitrogens is 2. The van der Waals surface area contributed by atoms with Crippen molar-refractivity contribution in [3.8, 4) is 0 Å². The lowest BCUT2D eigenvalue weighted by molar-refractivity contribution is 0.0998. The molecule has 2 aliphatic rings. The lowest BCUT2D eigenvalue weighted by Gasteiger charge is -2.17. The van der Waals surface area contributed by atoms with E-state index < -0.39 is 0 Å². The normalized spacial score (nSPS) is 31.8. The molecule has 1 aromatic rings. The van der Waals surface area contributed by atoms with Crippen molar-refractivity contribution in [3.63, 3.8) is 0 Å². The number of nitrogens with zero attached hydrogens (tertiary/aromatic N) is 2. The summed E-state index contributed by atoms with van der Waals surface area (Å²) < 4.78 is 5.85. The van der Waals surface area contributed by atoms with Crippen molar-refractivity contribution in [1.82, 2.24) is 9.97 Å². The number of rotatable bonds is 4. The van der Waals surface area contributed by atoms with Crippen LogP contribution in [0, 0.1) is 0 Å². The Morgan fingerprint density at radius 3 is 2.72 bits per heavy atom. The highest BCUT2D eigenvalue weighted by molar-refractivity contribution is 5.12. The summed E-state index contributed by atoms with van der Waals surface area (Å²) in [5.41, 5.74) is 7.08. The summed E-state index contributed by atoms with van der Waals surface area (Å²) in [5, 5.41) is 0. The van der Waals surface area contributed by atoms with E-state index in [1.807, 2.05) is 12.4 Å². The molecule has 4 unspecified atom stereocenters. The number of fused-ring (bicyclic) bond motifs is 2. The molecule has 1 aromatic heterocycles. The molecule has 4 nitrogen and oxygen atoms in total. The van der Waals surface area contributed by atoms with Crippen LogP contribution in [0.2, 0.25) is 0 Å². The van der Waals surface area contributed by atoms with Crippen molar-refractivity contribution in [1.29, 1.82) is 0 Å². The topological polar surface area (TPSA) is 61.0 Å². The maximum atomic E-state index is 5.94. The summed E-state index contributed by atoms with van der Waals surface area (Å²) in [6.45, 7) is 2.10. The van der Waals surface area contributed by atoms with Crippen molar-refractivity contribution in [2.75, 3.05) is 0 Å². The monoisotopic (exact) mass is 247 g/mol. The first-order valence-corrected chi connectivity index (χ1v) is 6.98. The van der Waals surface area contributed by atoms with Gasteiger partial charge in [-0.3, -0.25) is 0 Å². The molecule has 2 fully saturated rings. The van der Waals surface area contributed by atoms with Crippen molar-refractivity contribution < 1.29 is 4.74 Å². The number of nitrogens with two attached hydrogens (primary N) is 1. The molecule has 2 bridgehead atoms. The maximum Gasteiger partial charge on any atom is 0.133 e. The predicted molar refractivity (Wildman–Crippen MR) is 69.3 cm³/mol. The molecular formula is C14H21N3O. The molecule has 0 radical (unpaired) electrons. The number of hydrogen-bond donors (Lipinski definition) is 1. The molecule has 2 N–H and O–H groups in total. The second-order valence-electron chi connectivity index (χ2n) is 5.54. The van der Waals surface area contributed by atoms with Gasteiger partial charge in [-0.25, -0.2) is 9.97 Å². The first kappa shape index (κ1) is 12.1. The van der Waals surface area contributed by atoms with E-state index in [4.69, 9.17) is 10.5 Å². The van der Waals surface area contributed by atoms with Crippen LogP contribution in [-0.2, 0) is 11.2 Å². The zero-order valence-corrected chi connectivity index (χ0v) is 10.9. The van der Waals surface area contributed by atoms with Crippen molar-refractivity contribution in [2.24, 2.45) is 5.73 Å². The minimum Gasteiger partial charge on any atom is -0.374 e. The molecule has 2 aliphatic heterocycles. The van der Waals surface area contributed by atoms with E-state index in [-0.39, 0.29) is 6.04 Å². The van der Waals surface area contributed by atoms with E-state index in [2.05, 4.69) is 16.9 Å². The average Bonchev–Trinajstić information content (AvgIpc) is 3.02. The van der Waals surface area contributed by atoms with Crippen LogP contribution in [0.5, 0.6) is 0 Å². The van der Waals surface area contributed by atoms with E-state index in [9.17, 15) is 0 Å². The minimum absolute atomic E-state index is 0.213. The number of hydrogen-bond acceptors (Lipinski definition) is 4. The van der Waals surface area contributed by atoms with Gasteiger partial charge >= 0.3 is 0 Å². The Bertz CT molecular complexity index is 406. The van der Waals surface area contributed by atoms with Crippen LogP contribution in [0.25, 0.3) is 0 Å². The van der Waals surface area contributed by atoms with Gasteiger partial charge in [0.1, 0.15) is 5.82 Å². The molecular weight excluding hydrogens is 226 g/mol. The van der Waals surface area contributed by atoms with Gasteiger partial charge < -0.3 is 10.5 Å². The molecule has 4 heteroatoms. The Morgan fingerprint density at radius 1 is 1.39 bits per heavy atom. The van der Waals surface area contributed by atoms with Crippen LogP contribution in [0.3, 0.4) is 0 Å².